The van der Waals surface area contributed by atoms with Crippen molar-refractivity contribution in [3.8, 4) is 0 Å². The van der Waals surface area contributed by atoms with Gasteiger partial charge in [-0.25, -0.2) is 9.59 Å². The zero-order chi connectivity index (χ0) is 29.7. The first-order valence-electron chi connectivity index (χ1n) is 11.8. The number of amides is 4. The zero-order valence-electron chi connectivity index (χ0n) is 22.0. The van der Waals surface area contributed by atoms with Gasteiger partial charge in [-0.3, -0.25) is 19.2 Å². The summed E-state index contributed by atoms with van der Waals surface area (Å²) in [5.41, 5.74) is 11.1. The van der Waals surface area contributed by atoms with Crippen molar-refractivity contribution in [3.05, 3.63) is 67.4 Å². The second kappa shape index (κ2) is 12.5. The highest BCUT2D eigenvalue weighted by Gasteiger charge is 2.29. The average molecular weight is 587 g/mol. The average Bonchev–Trinajstić information content (AvgIpc) is 3.40. The van der Waals surface area contributed by atoms with E-state index in [1.54, 1.807) is 13.8 Å². The molecule has 12 nitrogen and oxygen atoms in total. The molecule has 6 N–H and O–H groups in total. The molecule has 4 amide bonds. The number of nitrogens with two attached hydrogens (primary N) is 2. The molecule has 0 bridgehead atoms. The number of esters is 2. The molecule has 3 rings (SSSR count). The summed E-state index contributed by atoms with van der Waals surface area (Å²) in [6.07, 6.45) is 0. The van der Waals surface area contributed by atoms with Gasteiger partial charge in [0.1, 0.15) is 10.0 Å². The minimum atomic E-state index is -0.785. The van der Waals surface area contributed by atoms with Crippen molar-refractivity contribution < 1.29 is 38.2 Å². The molecule has 0 radical (unpaired) electrons. The number of carbonyl (C=O) groups is 6. The van der Waals surface area contributed by atoms with E-state index in [1.165, 1.54) is 38.1 Å². The molecule has 0 unspecified atom stereocenters. The molecule has 0 aliphatic carbocycles. The second-order valence-electron chi connectivity index (χ2n) is 8.14. The molecular formula is C26H26N4O8S2. The molecule has 40 heavy (non-hydrogen) atoms. The predicted molar refractivity (Wildman–Crippen MR) is 149 cm³/mol. The maximum absolute atomic E-state index is 13.3. The van der Waals surface area contributed by atoms with Gasteiger partial charge >= 0.3 is 11.9 Å². The molecule has 210 valence electrons. The minimum Gasteiger partial charge on any atom is -0.462 e. The number of ether oxygens (including phenoxy) is 2. The number of nitrogens with one attached hydrogen (secondary N) is 2. The number of hydrogen-bond acceptors (Lipinski definition) is 10. The zero-order valence-corrected chi connectivity index (χ0v) is 23.6. The number of benzene rings is 1. The number of thiophene rings is 2. The molecule has 2 aromatic heterocycles. The summed E-state index contributed by atoms with van der Waals surface area (Å²) in [5, 5.41) is 5.19. The first-order valence-corrected chi connectivity index (χ1v) is 13.5. The van der Waals surface area contributed by atoms with E-state index >= 15 is 0 Å². The SMILES string of the molecule is CCOC(=O)c1c(NC(=O)c2ccccc2C(=O)Nc2sc(C(N)=O)c(C)c2C(=O)OCC)sc(C(N)=O)c1C. The summed E-state index contributed by atoms with van der Waals surface area (Å²) < 4.78 is 10.1. The van der Waals surface area contributed by atoms with Gasteiger partial charge in [0.15, 0.2) is 0 Å². The summed E-state index contributed by atoms with van der Waals surface area (Å²) in [6.45, 7) is 6.34. The van der Waals surface area contributed by atoms with E-state index in [4.69, 9.17) is 20.9 Å². The van der Waals surface area contributed by atoms with Crippen LogP contribution in [-0.2, 0) is 9.47 Å². The standard InChI is InChI=1S/C26H26N4O8S2/c1-5-37-25(35)15-11(3)17(19(27)31)39-23(15)29-21(33)13-9-7-8-10-14(13)22(34)30-24-16(26(36)38-6-2)12(4)18(40-24)20(28)32/h7-10H,5-6H2,1-4H3,(H2,27,31)(H2,28,32)(H,29,33)(H,30,34). The summed E-state index contributed by atoms with van der Waals surface area (Å²) in [6, 6.07) is 5.81. The molecule has 0 aliphatic rings. The van der Waals surface area contributed by atoms with Gasteiger partial charge in [0.05, 0.1) is 45.2 Å². The van der Waals surface area contributed by atoms with Crippen molar-refractivity contribution >= 4 is 68.2 Å². The molecular weight excluding hydrogens is 560 g/mol. The topological polar surface area (TPSA) is 197 Å². The Bertz CT molecular complexity index is 1430. The van der Waals surface area contributed by atoms with E-state index in [9.17, 15) is 28.8 Å². The Morgan fingerprint density at radius 1 is 0.700 bits per heavy atom. The van der Waals surface area contributed by atoms with E-state index in [0.717, 1.165) is 22.7 Å². The molecule has 0 aliphatic heterocycles. The smallest absolute Gasteiger partial charge is 0.341 e. The fraction of sp³-hybridized carbons (Fsp3) is 0.231. The fourth-order valence-electron chi connectivity index (χ4n) is 3.79. The summed E-state index contributed by atoms with van der Waals surface area (Å²) in [7, 11) is 0. The Balaban J connectivity index is 1.99. The molecule has 0 saturated heterocycles. The van der Waals surface area contributed by atoms with E-state index in [-0.39, 0.29) is 66.4 Å². The van der Waals surface area contributed by atoms with Crippen molar-refractivity contribution in [1.82, 2.24) is 0 Å². The van der Waals surface area contributed by atoms with Crippen LogP contribution in [0, 0.1) is 13.8 Å². The Hall–Kier alpha value is -4.56. The lowest BCUT2D eigenvalue weighted by Crippen LogP contribution is -2.21. The Morgan fingerprint density at radius 3 is 1.35 bits per heavy atom. The fourth-order valence-corrected chi connectivity index (χ4v) is 5.88. The monoisotopic (exact) mass is 586 g/mol. The van der Waals surface area contributed by atoms with Crippen LogP contribution in [0.5, 0.6) is 0 Å². The number of anilines is 2. The predicted octanol–water partition coefficient (Wildman–Crippen LogP) is 3.48. The van der Waals surface area contributed by atoms with E-state index < -0.39 is 35.6 Å². The molecule has 2 heterocycles. The van der Waals surface area contributed by atoms with Crippen molar-refractivity contribution in [2.45, 2.75) is 27.7 Å². The van der Waals surface area contributed by atoms with Gasteiger partial charge in [-0.2, -0.15) is 0 Å². The molecule has 1 aromatic carbocycles. The quantitative estimate of drug-likeness (QED) is 0.259. The maximum atomic E-state index is 13.3. The normalized spacial score (nSPS) is 10.5. The Kier molecular flexibility index (Phi) is 9.39. The number of carbonyl (C=O) groups excluding carboxylic acids is 6. The first-order chi connectivity index (χ1) is 18.9. The Morgan fingerprint density at radius 2 is 1.05 bits per heavy atom. The second-order valence-corrected chi connectivity index (χ2v) is 10.2. The van der Waals surface area contributed by atoms with Crippen LogP contribution in [-0.4, -0.2) is 48.8 Å². The van der Waals surface area contributed by atoms with Crippen molar-refractivity contribution in [3.63, 3.8) is 0 Å². The van der Waals surface area contributed by atoms with E-state index in [1.807, 2.05) is 0 Å². The number of hydrogen-bond donors (Lipinski definition) is 4. The van der Waals surface area contributed by atoms with Crippen molar-refractivity contribution in [2.75, 3.05) is 23.8 Å². The molecule has 14 heteroatoms. The third-order valence-electron chi connectivity index (χ3n) is 5.57. The number of rotatable bonds is 10. The molecule has 0 saturated carbocycles. The van der Waals surface area contributed by atoms with Gasteiger partial charge in [0, 0.05) is 0 Å². The van der Waals surface area contributed by atoms with Gasteiger partial charge in [0.2, 0.25) is 0 Å². The van der Waals surface area contributed by atoms with Gasteiger partial charge in [-0.1, -0.05) is 12.1 Å². The minimum absolute atomic E-state index is 0.0227. The van der Waals surface area contributed by atoms with Gasteiger partial charge < -0.3 is 31.6 Å². The number of primary amides is 2. The van der Waals surface area contributed by atoms with Crippen LogP contribution in [0.25, 0.3) is 0 Å². The molecule has 3 aromatic rings. The maximum Gasteiger partial charge on any atom is 0.341 e. The summed E-state index contributed by atoms with van der Waals surface area (Å²) in [5.74, 6) is -4.61. The molecule has 0 spiro atoms. The van der Waals surface area contributed by atoms with Gasteiger partial charge in [-0.05, 0) is 51.0 Å². The van der Waals surface area contributed by atoms with Gasteiger partial charge in [-0.15, -0.1) is 22.7 Å². The van der Waals surface area contributed by atoms with Crippen LogP contribution in [0.1, 0.15) is 85.7 Å². The summed E-state index contributed by atoms with van der Waals surface area (Å²) >= 11 is 1.61. The highest BCUT2D eigenvalue weighted by atomic mass is 32.1. The lowest BCUT2D eigenvalue weighted by Gasteiger charge is -2.11. The van der Waals surface area contributed by atoms with Crippen LogP contribution >= 0.6 is 22.7 Å². The van der Waals surface area contributed by atoms with Crippen molar-refractivity contribution in [1.29, 1.82) is 0 Å². The molecule has 0 atom stereocenters. The van der Waals surface area contributed by atoms with E-state index in [0.29, 0.717) is 0 Å². The molecule has 0 fully saturated rings. The largest absolute Gasteiger partial charge is 0.462 e. The van der Waals surface area contributed by atoms with Crippen LogP contribution in [0.3, 0.4) is 0 Å². The third-order valence-corrected chi connectivity index (χ3v) is 8.01. The highest BCUT2D eigenvalue weighted by Crippen LogP contribution is 2.35. The Labute approximate surface area is 236 Å². The van der Waals surface area contributed by atoms with Crippen LogP contribution in [0.4, 0.5) is 10.0 Å². The third kappa shape index (κ3) is 6.02. The van der Waals surface area contributed by atoms with E-state index in [2.05, 4.69) is 10.6 Å². The first kappa shape index (κ1) is 30.0. The lowest BCUT2D eigenvalue weighted by atomic mass is 10.1. The van der Waals surface area contributed by atoms with Crippen molar-refractivity contribution in [2.24, 2.45) is 11.5 Å². The van der Waals surface area contributed by atoms with Crippen LogP contribution < -0.4 is 22.1 Å². The lowest BCUT2D eigenvalue weighted by molar-refractivity contribution is 0.0517. The van der Waals surface area contributed by atoms with Crippen LogP contribution in [0.2, 0.25) is 0 Å². The van der Waals surface area contributed by atoms with Crippen LogP contribution in [0.15, 0.2) is 24.3 Å². The summed E-state index contributed by atoms with van der Waals surface area (Å²) in [4.78, 5) is 75.7. The van der Waals surface area contributed by atoms with Gasteiger partial charge in [0.25, 0.3) is 23.6 Å². The highest BCUT2D eigenvalue weighted by molar-refractivity contribution is 7.19.